The number of rotatable bonds is 11. The number of hydrogen-bond donors (Lipinski definition) is 3. The van der Waals surface area contributed by atoms with Gasteiger partial charge < -0.3 is 21.1 Å². The molecule has 29 heavy (non-hydrogen) atoms. The summed E-state index contributed by atoms with van der Waals surface area (Å²) >= 11 is 1.82. The van der Waals surface area contributed by atoms with Gasteiger partial charge >= 0.3 is 0 Å². The van der Waals surface area contributed by atoms with Gasteiger partial charge in [0.1, 0.15) is 5.75 Å². The van der Waals surface area contributed by atoms with Gasteiger partial charge in [-0.15, -0.1) is 35.7 Å². The number of primary amides is 1. The van der Waals surface area contributed by atoms with Crippen LogP contribution in [0.2, 0.25) is 0 Å². The molecule has 0 unspecified atom stereocenters. The van der Waals surface area contributed by atoms with Crippen LogP contribution in [0.4, 0.5) is 0 Å². The standard InChI is InChI=1S/C21H28N4O2S.HI/c1-2-23-21(25-14-15-28-19-6-4-3-5-7-19)24-13-12-17-8-10-18(11-9-17)27-16-20(22)26;/h3-11H,2,12-16H2,1H3,(H2,22,26)(H2,23,24,25);1H. The lowest BCUT2D eigenvalue weighted by atomic mass is 10.1. The number of nitrogens with two attached hydrogens (primary N) is 1. The third-order valence-corrected chi connectivity index (χ3v) is 4.74. The molecule has 0 saturated carbocycles. The van der Waals surface area contributed by atoms with E-state index in [0.717, 1.165) is 36.8 Å². The summed E-state index contributed by atoms with van der Waals surface area (Å²) in [5.74, 6) is 1.96. The summed E-state index contributed by atoms with van der Waals surface area (Å²) in [7, 11) is 0. The molecule has 0 aromatic heterocycles. The van der Waals surface area contributed by atoms with Gasteiger partial charge in [0.2, 0.25) is 0 Å². The summed E-state index contributed by atoms with van der Waals surface area (Å²) in [5, 5.41) is 6.64. The third-order valence-electron chi connectivity index (χ3n) is 3.73. The van der Waals surface area contributed by atoms with Gasteiger partial charge in [0.25, 0.3) is 5.91 Å². The van der Waals surface area contributed by atoms with Crippen LogP contribution in [0, 0.1) is 0 Å². The predicted molar refractivity (Wildman–Crippen MR) is 131 cm³/mol. The number of hydrogen-bond acceptors (Lipinski definition) is 4. The normalized spacial score (nSPS) is 10.7. The molecule has 8 heteroatoms. The molecule has 0 atom stereocenters. The van der Waals surface area contributed by atoms with Crippen LogP contribution >= 0.6 is 35.7 Å². The zero-order valence-corrected chi connectivity index (χ0v) is 19.7. The highest BCUT2D eigenvalue weighted by Crippen LogP contribution is 2.15. The second-order valence-corrected chi connectivity index (χ2v) is 7.17. The van der Waals surface area contributed by atoms with Crippen molar-refractivity contribution in [3.05, 3.63) is 60.2 Å². The number of carbonyl (C=O) groups is 1. The Hall–Kier alpha value is -1.94. The Morgan fingerprint density at radius 1 is 1.10 bits per heavy atom. The van der Waals surface area contributed by atoms with Crippen molar-refractivity contribution in [2.45, 2.75) is 18.2 Å². The molecule has 2 aromatic carbocycles. The van der Waals surface area contributed by atoms with E-state index in [2.05, 4.69) is 46.8 Å². The quantitative estimate of drug-likeness (QED) is 0.137. The van der Waals surface area contributed by atoms with Gasteiger partial charge in [-0.2, -0.15) is 0 Å². The summed E-state index contributed by atoms with van der Waals surface area (Å²) in [5.41, 5.74) is 6.23. The van der Waals surface area contributed by atoms with Crippen LogP contribution < -0.4 is 21.1 Å². The number of carbonyl (C=O) groups excluding carboxylic acids is 1. The van der Waals surface area contributed by atoms with Gasteiger partial charge in [-0.3, -0.25) is 9.79 Å². The molecule has 0 saturated heterocycles. The van der Waals surface area contributed by atoms with Crippen LogP contribution in [0.25, 0.3) is 0 Å². The zero-order chi connectivity index (χ0) is 20.0. The number of ether oxygens (including phenoxy) is 1. The molecule has 0 heterocycles. The van der Waals surface area contributed by atoms with E-state index >= 15 is 0 Å². The lowest BCUT2D eigenvalue weighted by Gasteiger charge is -2.11. The fourth-order valence-corrected chi connectivity index (χ4v) is 3.19. The first-order valence-electron chi connectivity index (χ1n) is 9.37. The summed E-state index contributed by atoms with van der Waals surface area (Å²) in [4.78, 5) is 16.6. The second-order valence-electron chi connectivity index (χ2n) is 6.00. The molecular weight excluding hydrogens is 499 g/mol. The Kier molecular flexibility index (Phi) is 13.0. The molecule has 4 N–H and O–H groups in total. The van der Waals surface area contributed by atoms with E-state index in [1.165, 1.54) is 4.90 Å². The number of amides is 1. The minimum atomic E-state index is -0.482. The van der Waals surface area contributed by atoms with Gasteiger partial charge in [-0.1, -0.05) is 30.3 Å². The number of benzene rings is 2. The second kappa shape index (κ2) is 15.0. The van der Waals surface area contributed by atoms with Crippen LogP contribution in [0.1, 0.15) is 12.5 Å². The van der Waals surface area contributed by atoms with Crippen molar-refractivity contribution in [3.8, 4) is 5.75 Å². The lowest BCUT2D eigenvalue weighted by Crippen LogP contribution is -2.38. The lowest BCUT2D eigenvalue weighted by molar-refractivity contribution is -0.119. The van der Waals surface area contributed by atoms with Crippen molar-refractivity contribution >= 4 is 47.6 Å². The maximum atomic E-state index is 10.7. The van der Waals surface area contributed by atoms with Crippen molar-refractivity contribution in [3.63, 3.8) is 0 Å². The predicted octanol–water partition coefficient (Wildman–Crippen LogP) is 3.06. The monoisotopic (exact) mass is 528 g/mol. The fourth-order valence-electron chi connectivity index (χ4n) is 2.40. The molecule has 2 rings (SSSR count). The molecule has 0 aliphatic carbocycles. The van der Waals surface area contributed by atoms with E-state index in [1.807, 2.05) is 42.1 Å². The van der Waals surface area contributed by atoms with Crippen LogP contribution in [-0.2, 0) is 11.2 Å². The first-order chi connectivity index (χ1) is 13.7. The van der Waals surface area contributed by atoms with Crippen LogP contribution in [0.15, 0.2) is 64.5 Å². The number of halogens is 1. The summed E-state index contributed by atoms with van der Waals surface area (Å²) in [6.45, 7) is 4.30. The van der Waals surface area contributed by atoms with Crippen LogP contribution in [0.3, 0.4) is 0 Å². The number of nitrogens with one attached hydrogen (secondary N) is 2. The van der Waals surface area contributed by atoms with Crippen molar-refractivity contribution in [2.75, 3.05) is 32.0 Å². The number of nitrogens with zero attached hydrogens (tertiary/aromatic N) is 1. The minimum absolute atomic E-state index is 0. The van der Waals surface area contributed by atoms with Gasteiger partial charge in [-0.05, 0) is 43.2 Å². The summed E-state index contributed by atoms with van der Waals surface area (Å²) < 4.78 is 5.26. The van der Waals surface area contributed by atoms with Gasteiger partial charge in [-0.25, -0.2) is 0 Å². The highest BCUT2D eigenvalue weighted by molar-refractivity contribution is 14.0. The van der Waals surface area contributed by atoms with E-state index in [9.17, 15) is 4.79 Å². The van der Waals surface area contributed by atoms with Crippen LogP contribution in [0.5, 0.6) is 5.75 Å². The highest BCUT2D eigenvalue weighted by Gasteiger charge is 2.00. The molecule has 2 aromatic rings. The Morgan fingerprint density at radius 3 is 2.48 bits per heavy atom. The van der Waals surface area contributed by atoms with Crippen molar-refractivity contribution < 1.29 is 9.53 Å². The smallest absolute Gasteiger partial charge is 0.255 e. The average molecular weight is 528 g/mol. The first kappa shape index (κ1) is 25.1. The molecule has 6 nitrogen and oxygen atoms in total. The number of aliphatic imine (C=N–C) groups is 1. The molecule has 0 bridgehead atoms. The van der Waals surface area contributed by atoms with Crippen molar-refractivity contribution in [1.29, 1.82) is 0 Å². The maximum absolute atomic E-state index is 10.7. The summed E-state index contributed by atoms with van der Waals surface area (Å²) in [6.07, 6.45) is 0.825. The topological polar surface area (TPSA) is 88.7 Å². The van der Waals surface area contributed by atoms with Crippen molar-refractivity contribution in [2.24, 2.45) is 10.7 Å². The maximum Gasteiger partial charge on any atom is 0.255 e. The van der Waals surface area contributed by atoms with Crippen molar-refractivity contribution in [1.82, 2.24) is 10.6 Å². The SMILES string of the molecule is CCNC(=NCCc1ccc(OCC(N)=O)cc1)NCCSc1ccccc1.I. The van der Waals surface area contributed by atoms with Gasteiger partial charge in [0.15, 0.2) is 12.6 Å². The third kappa shape index (κ3) is 11.0. The molecule has 1 amide bonds. The van der Waals surface area contributed by atoms with E-state index in [1.54, 1.807) is 0 Å². The first-order valence-corrected chi connectivity index (χ1v) is 10.4. The summed E-state index contributed by atoms with van der Waals surface area (Å²) in [6, 6.07) is 18.0. The van der Waals surface area contributed by atoms with Crippen LogP contribution in [-0.4, -0.2) is 43.9 Å². The van der Waals surface area contributed by atoms with E-state index in [0.29, 0.717) is 12.3 Å². The molecule has 0 aliphatic heterocycles. The Labute approximate surface area is 194 Å². The molecule has 0 radical (unpaired) electrons. The zero-order valence-electron chi connectivity index (χ0n) is 16.6. The fraction of sp³-hybridized carbons (Fsp3) is 0.333. The van der Waals surface area contributed by atoms with E-state index in [-0.39, 0.29) is 30.6 Å². The number of guanidine groups is 1. The minimum Gasteiger partial charge on any atom is -0.484 e. The Morgan fingerprint density at radius 2 is 1.83 bits per heavy atom. The average Bonchev–Trinajstić information content (AvgIpc) is 2.71. The van der Waals surface area contributed by atoms with Gasteiger partial charge in [0, 0.05) is 30.3 Å². The Balaban J connectivity index is 0.00000420. The Bertz CT molecular complexity index is 742. The largest absolute Gasteiger partial charge is 0.484 e. The van der Waals surface area contributed by atoms with Gasteiger partial charge in [0.05, 0.1) is 0 Å². The molecule has 0 fully saturated rings. The molecular formula is C21H29IN4O2S. The molecule has 0 aliphatic rings. The van der Waals surface area contributed by atoms with E-state index in [4.69, 9.17) is 10.5 Å². The molecule has 0 spiro atoms. The molecule has 158 valence electrons. The number of thioether (sulfide) groups is 1. The van der Waals surface area contributed by atoms with E-state index < -0.39 is 5.91 Å². The highest BCUT2D eigenvalue weighted by atomic mass is 127.